The molecule has 1 aromatic rings. The molecule has 0 unspecified atom stereocenters. The van der Waals surface area contributed by atoms with E-state index in [1.54, 1.807) is 44.1 Å². The van der Waals surface area contributed by atoms with Gasteiger partial charge in [-0.1, -0.05) is 13.8 Å². The quantitative estimate of drug-likeness (QED) is 0.694. The summed E-state index contributed by atoms with van der Waals surface area (Å²) in [6.45, 7) is 8.62. The van der Waals surface area contributed by atoms with Gasteiger partial charge in [-0.15, -0.1) is 0 Å². The molecule has 0 fully saturated rings. The van der Waals surface area contributed by atoms with Crippen LogP contribution < -0.4 is 14.8 Å². The van der Waals surface area contributed by atoms with Crippen molar-refractivity contribution >= 4 is 17.5 Å². The summed E-state index contributed by atoms with van der Waals surface area (Å²) < 4.78 is 10.5. The van der Waals surface area contributed by atoms with Gasteiger partial charge in [-0.3, -0.25) is 9.59 Å². The molecule has 1 aromatic carbocycles. The van der Waals surface area contributed by atoms with Crippen LogP contribution in [0.15, 0.2) is 18.2 Å². The molecule has 6 nitrogen and oxygen atoms in total. The molecule has 0 heterocycles. The smallest absolute Gasteiger partial charge is 0.239 e. The Balaban J connectivity index is 3.02. The minimum atomic E-state index is -1.18. The van der Waals surface area contributed by atoms with E-state index in [0.29, 0.717) is 30.3 Å². The second kappa shape index (κ2) is 9.30. The van der Waals surface area contributed by atoms with E-state index in [9.17, 15) is 9.59 Å². The zero-order valence-corrected chi connectivity index (χ0v) is 16.1. The molecule has 0 saturated carbocycles. The summed E-state index contributed by atoms with van der Waals surface area (Å²) in [6, 6.07) is 5.13. The zero-order valence-electron chi connectivity index (χ0n) is 16.1. The lowest BCUT2D eigenvalue weighted by Gasteiger charge is -2.31. The van der Waals surface area contributed by atoms with Gasteiger partial charge in [0.15, 0.2) is 0 Å². The normalized spacial score (nSPS) is 11.0. The number of rotatable bonds is 9. The number of carbonyl (C=O) groups is 2. The summed E-state index contributed by atoms with van der Waals surface area (Å²) in [5.74, 6) is 0.562. The minimum Gasteiger partial charge on any atom is -0.497 e. The Labute approximate surface area is 150 Å². The third-order valence-electron chi connectivity index (χ3n) is 4.03. The summed E-state index contributed by atoms with van der Waals surface area (Å²) in [7, 11) is 3.08. The molecule has 6 heteroatoms. The van der Waals surface area contributed by atoms with E-state index in [-0.39, 0.29) is 11.8 Å². The van der Waals surface area contributed by atoms with E-state index in [4.69, 9.17) is 9.47 Å². The van der Waals surface area contributed by atoms with Crippen molar-refractivity contribution in [1.29, 1.82) is 0 Å². The summed E-state index contributed by atoms with van der Waals surface area (Å²) in [5.41, 5.74) is -0.705. The van der Waals surface area contributed by atoms with E-state index in [2.05, 4.69) is 5.32 Å². The predicted octanol–water partition coefficient (Wildman–Crippen LogP) is 3.32. The van der Waals surface area contributed by atoms with Gasteiger partial charge in [-0.05, 0) is 38.8 Å². The maximum Gasteiger partial charge on any atom is 0.239 e. The van der Waals surface area contributed by atoms with Gasteiger partial charge in [0.05, 0.1) is 19.9 Å². The first-order valence-corrected chi connectivity index (χ1v) is 8.64. The number of methoxy groups -OCH3 is 2. The summed E-state index contributed by atoms with van der Waals surface area (Å²) in [5, 5.41) is 2.81. The molecular formula is C19H30N2O4. The first kappa shape index (κ1) is 20.8. The van der Waals surface area contributed by atoms with E-state index in [0.717, 1.165) is 12.8 Å². The second-order valence-electron chi connectivity index (χ2n) is 6.44. The SMILES string of the molecule is CCCN(CCC)C(=O)C(C)(C)C(=O)Nc1cc(OC)ccc1OC. The highest BCUT2D eigenvalue weighted by Crippen LogP contribution is 2.31. The molecule has 0 aliphatic rings. The zero-order chi connectivity index (χ0) is 19.0. The molecule has 0 atom stereocenters. The lowest BCUT2D eigenvalue weighted by atomic mass is 9.90. The van der Waals surface area contributed by atoms with Crippen molar-refractivity contribution in [1.82, 2.24) is 4.90 Å². The van der Waals surface area contributed by atoms with Crippen LogP contribution in [0.1, 0.15) is 40.5 Å². The number of hydrogen-bond acceptors (Lipinski definition) is 4. The van der Waals surface area contributed by atoms with Gasteiger partial charge in [0.1, 0.15) is 16.9 Å². The van der Waals surface area contributed by atoms with Crippen molar-refractivity contribution in [2.45, 2.75) is 40.5 Å². The molecule has 0 aliphatic heterocycles. The Kier molecular flexibility index (Phi) is 7.74. The Morgan fingerprint density at radius 2 is 1.68 bits per heavy atom. The van der Waals surface area contributed by atoms with Crippen molar-refractivity contribution in [2.75, 3.05) is 32.6 Å². The Morgan fingerprint density at radius 3 is 2.16 bits per heavy atom. The van der Waals surface area contributed by atoms with Crippen molar-refractivity contribution in [3.8, 4) is 11.5 Å². The fraction of sp³-hybridized carbons (Fsp3) is 0.579. The number of ether oxygens (including phenoxy) is 2. The van der Waals surface area contributed by atoms with E-state index >= 15 is 0 Å². The van der Waals surface area contributed by atoms with Crippen LogP contribution in [0.2, 0.25) is 0 Å². The van der Waals surface area contributed by atoms with Gasteiger partial charge in [-0.25, -0.2) is 0 Å². The molecule has 25 heavy (non-hydrogen) atoms. The highest BCUT2D eigenvalue weighted by molar-refractivity contribution is 6.10. The maximum absolute atomic E-state index is 12.9. The fourth-order valence-corrected chi connectivity index (χ4v) is 2.54. The monoisotopic (exact) mass is 350 g/mol. The van der Waals surface area contributed by atoms with Gasteiger partial charge in [-0.2, -0.15) is 0 Å². The largest absolute Gasteiger partial charge is 0.497 e. The van der Waals surface area contributed by atoms with Crippen molar-refractivity contribution in [3.63, 3.8) is 0 Å². The molecule has 0 aromatic heterocycles. The number of anilines is 1. The van der Waals surface area contributed by atoms with Crippen LogP contribution in [0.5, 0.6) is 11.5 Å². The van der Waals surface area contributed by atoms with Gasteiger partial charge in [0, 0.05) is 19.2 Å². The average molecular weight is 350 g/mol. The van der Waals surface area contributed by atoms with Gasteiger partial charge in [0.25, 0.3) is 0 Å². The number of carbonyl (C=O) groups excluding carboxylic acids is 2. The summed E-state index contributed by atoms with van der Waals surface area (Å²) in [6.07, 6.45) is 1.71. The molecule has 1 N–H and O–H groups in total. The summed E-state index contributed by atoms with van der Waals surface area (Å²) in [4.78, 5) is 27.4. The molecule has 0 bridgehead atoms. The number of benzene rings is 1. The number of hydrogen-bond donors (Lipinski definition) is 1. The Hall–Kier alpha value is -2.24. The molecular weight excluding hydrogens is 320 g/mol. The number of nitrogens with one attached hydrogen (secondary N) is 1. The Bertz CT molecular complexity index is 593. The summed E-state index contributed by atoms with van der Waals surface area (Å²) >= 11 is 0. The third-order valence-corrected chi connectivity index (χ3v) is 4.03. The average Bonchev–Trinajstić information content (AvgIpc) is 2.60. The van der Waals surface area contributed by atoms with Crippen LogP contribution in [0, 0.1) is 5.41 Å². The van der Waals surface area contributed by atoms with E-state index in [1.807, 2.05) is 13.8 Å². The van der Waals surface area contributed by atoms with Crippen molar-refractivity contribution in [3.05, 3.63) is 18.2 Å². The molecule has 0 spiro atoms. The molecule has 0 radical (unpaired) electrons. The van der Waals surface area contributed by atoms with Crippen LogP contribution in [0.25, 0.3) is 0 Å². The highest BCUT2D eigenvalue weighted by atomic mass is 16.5. The number of nitrogens with zero attached hydrogens (tertiary/aromatic N) is 1. The molecule has 1 rings (SSSR count). The minimum absolute atomic E-state index is 0.171. The lowest BCUT2D eigenvalue weighted by molar-refractivity contribution is -0.146. The maximum atomic E-state index is 12.9. The van der Waals surface area contributed by atoms with Gasteiger partial charge >= 0.3 is 0 Å². The van der Waals surface area contributed by atoms with Crippen LogP contribution in [0.3, 0.4) is 0 Å². The fourth-order valence-electron chi connectivity index (χ4n) is 2.54. The van der Waals surface area contributed by atoms with Crippen LogP contribution in [0.4, 0.5) is 5.69 Å². The standard InChI is InChI=1S/C19H30N2O4/c1-7-11-21(12-8-2)18(23)19(3,4)17(22)20-15-13-14(24-5)9-10-16(15)25-6/h9-10,13H,7-8,11-12H2,1-6H3,(H,20,22). The van der Waals surface area contributed by atoms with Gasteiger partial charge < -0.3 is 19.7 Å². The van der Waals surface area contributed by atoms with Crippen LogP contribution in [-0.2, 0) is 9.59 Å². The second-order valence-corrected chi connectivity index (χ2v) is 6.44. The van der Waals surface area contributed by atoms with E-state index < -0.39 is 5.41 Å². The lowest BCUT2D eigenvalue weighted by Crippen LogP contribution is -2.47. The van der Waals surface area contributed by atoms with Gasteiger partial charge in [0.2, 0.25) is 11.8 Å². The molecule has 0 aliphatic carbocycles. The topological polar surface area (TPSA) is 67.9 Å². The first-order chi connectivity index (χ1) is 11.8. The highest BCUT2D eigenvalue weighted by Gasteiger charge is 2.39. The van der Waals surface area contributed by atoms with Crippen molar-refractivity contribution in [2.24, 2.45) is 5.41 Å². The number of amides is 2. The molecule has 2 amide bonds. The molecule has 0 saturated heterocycles. The first-order valence-electron chi connectivity index (χ1n) is 8.64. The van der Waals surface area contributed by atoms with E-state index in [1.165, 1.54) is 7.11 Å². The predicted molar refractivity (Wildman–Crippen MR) is 99.1 cm³/mol. The van der Waals surface area contributed by atoms with Crippen LogP contribution >= 0.6 is 0 Å². The molecule has 140 valence electrons. The Morgan fingerprint density at radius 1 is 1.08 bits per heavy atom. The third kappa shape index (κ3) is 5.11. The van der Waals surface area contributed by atoms with Crippen LogP contribution in [-0.4, -0.2) is 44.0 Å². The van der Waals surface area contributed by atoms with Crippen molar-refractivity contribution < 1.29 is 19.1 Å².